The molecule has 1 unspecified atom stereocenters. The van der Waals surface area contributed by atoms with Crippen LogP contribution in [0.15, 0.2) is 146 Å². The summed E-state index contributed by atoms with van der Waals surface area (Å²) in [7, 11) is 0. The summed E-state index contributed by atoms with van der Waals surface area (Å²) < 4.78 is 16.3. The number of carbonyl (C=O) groups is 2. The van der Waals surface area contributed by atoms with Crippen LogP contribution in [-0.2, 0) is 24.5 Å². The fourth-order valence-electron chi connectivity index (χ4n) is 6.21. The molecule has 0 N–H and O–H groups in total. The van der Waals surface area contributed by atoms with Crippen LogP contribution in [0.1, 0.15) is 31.9 Å². The maximum atomic E-state index is 11.8. The SMILES string of the molecule is C=CC(=O)OC(COC(=O)C(=C)C)COc1ccc(-c2ccc(N(c3ccccc3)c3ccc4c(c3)C(C)(C)c3ccccc3-4)cc2)cc1. The molecule has 1 aliphatic rings. The summed E-state index contributed by atoms with van der Waals surface area (Å²) in [6.07, 6.45) is 0.249. The molecule has 0 fully saturated rings. The van der Waals surface area contributed by atoms with Gasteiger partial charge in [-0.25, -0.2) is 9.59 Å². The Morgan fingerprint density at radius 1 is 0.735 bits per heavy atom. The molecule has 5 aromatic rings. The van der Waals surface area contributed by atoms with Crippen LogP contribution < -0.4 is 9.64 Å². The Labute approximate surface area is 287 Å². The average molecular weight is 650 g/mol. The number of carbonyl (C=O) groups excluding carboxylic acids is 2. The molecule has 0 heterocycles. The van der Waals surface area contributed by atoms with Crippen LogP contribution in [0.2, 0.25) is 0 Å². The van der Waals surface area contributed by atoms with Crippen LogP contribution in [0.3, 0.4) is 0 Å². The average Bonchev–Trinajstić information content (AvgIpc) is 3.36. The summed E-state index contributed by atoms with van der Waals surface area (Å²) in [4.78, 5) is 25.9. The normalized spacial score (nSPS) is 13.0. The molecule has 0 spiro atoms. The van der Waals surface area contributed by atoms with E-state index < -0.39 is 18.0 Å². The van der Waals surface area contributed by atoms with Gasteiger partial charge in [0.15, 0.2) is 6.10 Å². The molecule has 0 radical (unpaired) electrons. The lowest BCUT2D eigenvalue weighted by molar-refractivity contribution is -0.154. The van der Waals surface area contributed by atoms with E-state index in [0.717, 1.165) is 34.3 Å². The van der Waals surface area contributed by atoms with E-state index in [9.17, 15) is 9.59 Å². The Morgan fingerprint density at radius 3 is 2.00 bits per heavy atom. The zero-order valence-electron chi connectivity index (χ0n) is 28.0. The molecule has 0 saturated carbocycles. The Kier molecular flexibility index (Phi) is 9.49. The number of hydrogen-bond donors (Lipinski definition) is 0. The first kappa shape index (κ1) is 33.0. The summed E-state index contributed by atoms with van der Waals surface area (Å²) >= 11 is 0. The van der Waals surface area contributed by atoms with Gasteiger partial charge in [-0.1, -0.05) is 99.8 Å². The lowest BCUT2D eigenvalue weighted by Crippen LogP contribution is -2.30. The number of esters is 2. The lowest BCUT2D eigenvalue weighted by Gasteiger charge is -2.28. The minimum Gasteiger partial charge on any atom is -0.490 e. The molecule has 0 aromatic heterocycles. The third kappa shape index (κ3) is 7.04. The number of anilines is 3. The minimum absolute atomic E-state index is 0.00161. The van der Waals surface area contributed by atoms with Crippen LogP contribution in [0.5, 0.6) is 5.75 Å². The Hall–Kier alpha value is -5.88. The number of nitrogens with zero attached hydrogens (tertiary/aromatic N) is 1. The number of hydrogen-bond acceptors (Lipinski definition) is 6. The molecular formula is C43H39NO5. The molecule has 6 nitrogen and oxygen atoms in total. The summed E-state index contributed by atoms with van der Waals surface area (Å²) in [5.74, 6) is -0.609. The van der Waals surface area contributed by atoms with Crippen molar-refractivity contribution in [2.75, 3.05) is 18.1 Å². The third-order valence-electron chi connectivity index (χ3n) is 8.79. The zero-order valence-corrected chi connectivity index (χ0v) is 28.0. The number of ether oxygens (including phenoxy) is 3. The Morgan fingerprint density at radius 2 is 1.33 bits per heavy atom. The maximum absolute atomic E-state index is 11.8. The molecule has 6 rings (SSSR count). The molecule has 0 amide bonds. The lowest BCUT2D eigenvalue weighted by atomic mass is 9.82. The highest BCUT2D eigenvalue weighted by molar-refractivity contribution is 5.87. The van der Waals surface area contributed by atoms with Gasteiger partial charge in [0.2, 0.25) is 0 Å². The van der Waals surface area contributed by atoms with Crippen LogP contribution in [0.4, 0.5) is 17.1 Å². The molecule has 6 heteroatoms. The van der Waals surface area contributed by atoms with Gasteiger partial charge in [0.25, 0.3) is 0 Å². The monoisotopic (exact) mass is 649 g/mol. The van der Waals surface area contributed by atoms with Crippen molar-refractivity contribution in [1.29, 1.82) is 0 Å². The molecule has 0 saturated heterocycles. The number of benzene rings is 5. The standard InChI is InChI=1S/C43H39NO5/c1-6-41(45)49-36(28-48-42(46)29(2)3)27-47-35-23-18-31(19-24-35)30-16-20-33(21-17-30)44(32-12-8-7-9-13-32)34-22-25-38-37-14-10-11-15-39(37)43(4,5)40(38)26-34/h6-26,36H,1-2,27-28H2,3-5H3. The second-order valence-corrected chi connectivity index (χ2v) is 12.6. The smallest absolute Gasteiger partial charge is 0.333 e. The molecule has 1 atom stereocenters. The Bertz CT molecular complexity index is 2000. The molecule has 246 valence electrons. The van der Waals surface area contributed by atoms with E-state index in [2.05, 4.69) is 123 Å². The largest absolute Gasteiger partial charge is 0.490 e. The summed E-state index contributed by atoms with van der Waals surface area (Å²) in [5.41, 5.74) is 10.7. The molecule has 49 heavy (non-hydrogen) atoms. The maximum Gasteiger partial charge on any atom is 0.333 e. The first-order chi connectivity index (χ1) is 23.7. The van der Waals surface area contributed by atoms with Crippen molar-refractivity contribution in [3.8, 4) is 28.0 Å². The van der Waals surface area contributed by atoms with Crippen LogP contribution in [-0.4, -0.2) is 31.3 Å². The van der Waals surface area contributed by atoms with Crippen molar-refractivity contribution in [3.05, 3.63) is 157 Å². The molecule has 0 aliphatic heterocycles. The third-order valence-corrected chi connectivity index (χ3v) is 8.79. The fraction of sp³-hybridized carbons (Fsp3) is 0.163. The van der Waals surface area contributed by atoms with E-state index in [1.54, 1.807) is 6.92 Å². The summed E-state index contributed by atoms with van der Waals surface area (Å²) in [6.45, 7) is 13.0. The van der Waals surface area contributed by atoms with Gasteiger partial charge < -0.3 is 19.1 Å². The van der Waals surface area contributed by atoms with E-state index in [-0.39, 0.29) is 24.2 Å². The van der Waals surface area contributed by atoms with Gasteiger partial charge in [0.1, 0.15) is 19.0 Å². The van der Waals surface area contributed by atoms with E-state index >= 15 is 0 Å². The van der Waals surface area contributed by atoms with E-state index in [0.29, 0.717) is 5.75 Å². The highest BCUT2D eigenvalue weighted by Crippen LogP contribution is 2.50. The van der Waals surface area contributed by atoms with Gasteiger partial charge in [-0.15, -0.1) is 0 Å². The van der Waals surface area contributed by atoms with Crippen molar-refractivity contribution in [3.63, 3.8) is 0 Å². The minimum atomic E-state index is -0.805. The Balaban J connectivity index is 1.20. The van der Waals surface area contributed by atoms with Crippen molar-refractivity contribution in [2.24, 2.45) is 0 Å². The number of para-hydroxylation sites is 1. The summed E-state index contributed by atoms with van der Waals surface area (Å²) in [6, 6.07) is 42.1. The molecule has 5 aromatic carbocycles. The van der Waals surface area contributed by atoms with Crippen molar-refractivity contribution < 1.29 is 23.8 Å². The van der Waals surface area contributed by atoms with Crippen LogP contribution >= 0.6 is 0 Å². The van der Waals surface area contributed by atoms with E-state index in [1.807, 2.05) is 30.3 Å². The van der Waals surface area contributed by atoms with Crippen molar-refractivity contribution in [2.45, 2.75) is 32.3 Å². The quantitative estimate of drug-likeness (QED) is 0.0991. The number of fused-ring (bicyclic) bond motifs is 3. The predicted octanol–water partition coefficient (Wildman–Crippen LogP) is 9.73. The second kappa shape index (κ2) is 14.1. The molecular weight excluding hydrogens is 610 g/mol. The van der Waals surface area contributed by atoms with Gasteiger partial charge >= 0.3 is 11.9 Å². The molecule has 0 bridgehead atoms. The van der Waals surface area contributed by atoms with Gasteiger partial charge in [-0.2, -0.15) is 0 Å². The topological polar surface area (TPSA) is 65.1 Å². The van der Waals surface area contributed by atoms with Gasteiger partial charge in [-0.05, 0) is 88.8 Å². The first-order valence-electron chi connectivity index (χ1n) is 16.2. The second-order valence-electron chi connectivity index (χ2n) is 12.6. The highest BCUT2D eigenvalue weighted by atomic mass is 16.6. The molecule has 1 aliphatic carbocycles. The van der Waals surface area contributed by atoms with Crippen molar-refractivity contribution in [1.82, 2.24) is 0 Å². The van der Waals surface area contributed by atoms with Gasteiger partial charge in [0, 0.05) is 34.1 Å². The van der Waals surface area contributed by atoms with Crippen LogP contribution in [0.25, 0.3) is 22.3 Å². The van der Waals surface area contributed by atoms with Gasteiger partial charge in [0.05, 0.1) is 0 Å². The highest BCUT2D eigenvalue weighted by Gasteiger charge is 2.35. The van der Waals surface area contributed by atoms with E-state index in [4.69, 9.17) is 14.2 Å². The predicted molar refractivity (Wildman–Crippen MR) is 195 cm³/mol. The first-order valence-corrected chi connectivity index (χ1v) is 16.2. The van der Waals surface area contributed by atoms with Crippen molar-refractivity contribution >= 4 is 29.0 Å². The zero-order chi connectivity index (χ0) is 34.5. The number of rotatable bonds is 12. The van der Waals surface area contributed by atoms with Gasteiger partial charge in [-0.3, -0.25) is 0 Å². The van der Waals surface area contributed by atoms with E-state index in [1.165, 1.54) is 22.3 Å². The van der Waals surface area contributed by atoms with Crippen LogP contribution in [0, 0.1) is 0 Å². The summed E-state index contributed by atoms with van der Waals surface area (Å²) in [5, 5.41) is 0. The fourth-order valence-corrected chi connectivity index (χ4v) is 6.21.